The fraction of sp³-hybridized carbons (Fsp3) is 0.414. The summed E-state index contributed by atoms with van der Waals surface area (Å²) in [5.41, 5.74) is 2.34. The number of amides is 2. The number of nitrogens with one attached hydrogen (secondary N) is 1. The zero-order chi connectivity index (χ0) is 27.1. The maximum atomic E-state index is 13.3. The smallest absolute Gasteiger partial charge is 0.246 e. The molecule has 0 spiro atoms. The minimum Gasteiger partial charge on any atom is -0.493 e. The molecule has 202 valence electrons. The highest BCUT2D eigenvalue weighted by Crippen LogP contribution is 2.32. The van der Waals surface area contributed by atoms with Crippen molar-refractivity contribution in [2.24, 2.45) is 5.92 Å². The summed E-state index contributed by atoms with van der Waals surface area (Å²) in [5, 5.41) is 2.93. The number of rotatable bonds is 11. The van der Waals surface area contributed by atoms with Crippen LogP contribution in [-0.2, 0) is 14.3 Å². The van der Waals surface area contributed by atoms with Gasteiger partial charge in [-0.2, -0.15) is 0 Å². The minimum atomic E-state index is -0.327. The lowest BCUT2D eigenvalue weighted by atomic mass is 10.1. The van der Waals surface area contributed by atoms with Crippen LogP contribution in [0.25, 0.3) is 16.9 Å². The Hall–Kier alpha value is -3.85. The van der Waals surface area contributed by atoms with Gasteiger partial charge in [0.05, 0.1) is 31.7 Å². The zero-order valence-corrected chi connectivity index (χ0v) is 22.5. The molecule has 1 atom stereocenters. The van der Waals surface area contributed by atoms with Gasteiger partial charge in [-0.25, -0.2) is 4.98 Å². The summed E-state index contributed by atoms with van der Waals surface area (Å²) in [7, 11) is 3.15. The second-order valence-corrected chi connectivity index (χ2v) is 9.78. The average Bonchev–Trinajstić information content (AvgIpc) is 3.58. The van der Waals surface area contributed by atoms with Gasteiger partial charge in [0.1, 0.15) is 6.54 Å². The van der Waals surface area contributed by atoms with Gasteiger partial charge >= 0.3 is 0 Å². The summed E-state index contributed by atoms with van der Waals surface area (Å²) >= 11 is 0. The number of methoxy groups -OCH3 is 2. The first kappa shape index (κ1) is 27.2. The fourth-order valence-electron chi connectivity index (χ4n) is 4.49. The Balaban J connectivity index is 1.62. The number of imidazole rings is 1. The molecule has 0 saturated carbocycles. The molecule has 2 heterocycles. The van der Waals surface area contributed by atoms with Gasteiger partial charge in [-0.1, -0.05) is 44.2 Å². The average molecular weight is 521 g/mol. The Labute approximate surface area is 223 Å². The van der Waals surface area contributed by atoms with E-state index < -0.39 is 0 Å². The summed E-state index contributed by atoms with van der Waals surface area (Å²) in [4.78, 5) is 32.6. The molecule has 4 rings (SSSR count). The molecule has 9 nitrogen and oxygen atoms in total. The molecule has 1 aromatic heterocycles. The molecule has 9 heteroatoms. The number of carbonyl (C=O) groups is 2. The number of carbonyl (C=O) groups excluding carboxylic acids is 2. The molecule has 1 aliphatic heterocycles. The predicted octanol–water partition coefficient (Wildman–Crippen LogP) is 4.55. The summed E-state index contributed by atoms with van der Waals surface area (Å²) in [6.07, 6.45) is 4.04. The van der Waals surface area contributed by atoms with E-state index in [2.05, 4.69) is 5.32 Å². The van der Waals surface area contributed by atoms with Crippen LogP contribution in [0.4, 0.5) is 5.95 Å². The molecule has 0 bridgehead atoms. The van der Waals surface area contributed by atoms with Crippen molar-refractivity contribution in [1.82, 2.24) is 14.5 Å². The Morgan fingerprint density at radius 1 is 1.13 bits per heavy atom. The highest BCUT2D eigenvalue weighted by Gasteiger charge is 2.25. The summed E-state index contributed by atoms with van der Waals surface area (Å²) in [5.74, 6) is 1.30. The Bertz CT molecular complexity index is 1240. The van der Waals surface area contributed by atoms with Gasteiger partial charge in [-0.15, -0.1) is 0 Å². The van der Waals surface area contributed by atoms with Gasteiger partial charge < -0.3 is 19.1 Å². The van der Waals surface area contributed by atoms with Crippen LogP contribution < -0.4 is 14.8 Å². The van der Waals surface area contributed by atoms with Crippen molar-refractivity contribution in [2.45, 2.75) is 39.2 Å². The zero-order valence-electron chi connectivity index (χ0n) is 22.5. The summed E-state index contributed by atoms with van der Waals surface area (Å²) in [6, 6.07) is 15.2. The lowest BCUT2D eigenvalue weighted by Crippen LogP contribution is -2.42. The van der Waals surface area contributed by atoms with Gasteiger partial charge in [-0.05, 0) is 30.9 Å². The Kier molecular flexibility index (Phi) is 9.02. The van der Waals surface area contributed by atoms with E-state index in [1.54, 1.807) is 29.8 Å². The molecular weight excluding hydrogens is 484 g/mol. The Morgan fingerprint density at radius 2 is 1.89 bits per heavy atom. The molecular formula is C29H36N4O5. The number of nitrogens with zero attached hydrogens (tertiary/aromatic N) is 3. The van der Waals surface area contributed by atoms with E-state index in [9.17, 15) is 9.59 Å². The molecule has 38 heavy (non-hydrogen) atoms. The van der Waals surface area contributed by atoms with E-state index in [-0.39, 0.29) is 30.4 Å². The quantitative estimate of drug-likeness (QED) is 0.399. The van der Waals surface area contributed by atoms with E-state index in [0.29, 0.717) is 42.7 Å². The largest absolute Gasteiger partial charge is 0.493 e. The van der Waals surface area contributed by atoms with Crippen LogP contribution in [0.15, 0.2) is 54.7 Å². The third-order valence-corrected chi connectivity index (χ3v) is 6.39. The number of aromatic nitrogens is 2. The molecule has 0 radical (unpaired) electrons. The molecule has 1 N–H and O–H groups in total. The van der Waals surface area contributed by atoms with Crippen LogP contribution >= 0.6 is 0 Å². The lowest BCUT2D eigenvalue weighted by molar-refractivity contribution is -0.136. The molecule has 0 unspecified atom stereocenters. The summed E-state index contributed by atoms with van der Waals surface area (Å²) < 4.78 is 18.4. The van der Waals surface area contributed by atoms with Crippen LogP contribution in [0.2, 0.25) is 0 Å². The van der Waals surface area contributed by atoms with Crippen LogP contribution in [0, 0.1) is 5.92 Å². The first-order valence-corrected chi connectivity index (χ1v) is 12.9. The van der Waals surface area contributed by atoms with Gasteiger partial charge in [0.25, 0.3) is 0 Å². The van der Waals surface area contributed by atoms with E-state index in [4.69, 9.17) is 19.2 Å². The number of hydrogen-bond acceptors (Lipinski definition) is 6. The van der Waals surface area contributed by atoms with Crippen molar-refractivity contribution in [1.29, 1.82) is 0 Å². The van der Waals surface area contributed by atoms with E-state index >= 15 is 0 Å². The molecule has 0 aliphatic carbocycles. The van der Waals surface area contributed by atoms with Gasteiger partial charge in [0.2, 0.25) is 17.8 Å². The molecule has 2 amide bonds. The molecule has 1 fully saturated rings. The molecule has 3 aromatic rings. The monoisotopic (exact) mass is 520 g/mol. The normalized spacial score (nSPS) is 14.9. The molecule has 2 aromatic carbocycles. The van der Waals surface area contributed by atoms with Crippen LogP contribution in [0.5, 0.6) is 11.5 Å². The third kappa shape index (κ3) is 6.72. The third-order valence-electron chi connectivity index (χ3n) is 6.39. The van der Waals surface area contributed by atoms with Crippen molar-refractivity contribution in [3.05, 3.63) is 54.7 Å². The topological polar surface area (TPSA) is 94.9 Å². The van der Waals surface area contributed by atoms with Gasteiger partial charge in [0, 0.05) is 37.4 Å². The SMILES string of the molecule is COc1ccc(-n2cc(-c3ccccc3)nc2NC(=O)CN(C[C@@H]2CCCO2)C(=O)CC(C)C)cc1OC. The second kappa shape index (κ2) is 12.6. The predicted molar refractivity (Wildman–Crippen MR) is 146 cm³/mol. The number of ether oxygens (including phenoxy) is 3. The van der Waals surface area contributed by atoms with Gasteiger partial charge in [-0.3, -0.25) is 19.5 Å². The van der Waals surface area contributed by atoms with Crippen molar-refractivity contribution in [2.75, 3.05) is 39.2 Å². The van der Waals surface area contributed by atoms with E-state index in [0.717, 1.165) is 24.1 Å². The highest BCUT2D eigenvalue weighted by atomic mass is 16.5. The fourth-order valence-corrected chi connectivity index (χ4v) is 4.49. The second-order valence-electron chi connectivity index (χ2n) is 9.78. The first-order chi connectivity index (χ1) is 18.4. The standard InChI is InChI=1S/C29H36N4O5/c1-20(2)15-28(35)32(17-23-11-8-14-38-23)19-27(34)31-29-30-24(21-9-6-5-7-10-21)18-33(29)22-12-13-25(36-3)26(16-22)37-4/h5-7,9-10,12-13,16,18,20,23H,8,11,14-15,17,19H2,1-4H3,(H,30,31,34)/t23-/m0/s1. The van der Waals surface area contributed by atoms with Crippen LogP contribution in [0.1, 0.15) is 33.1 Å². The summed E-state index contributed by atoms with van der Waals surface area (Å²) in [6.45, 7) is 5.00. The minimum absolute atomic E-state index is 0.0441. The van der Waals surface area contributed by atoms with Crippen LogP contribution in [-0.4, -0.2) is 66.3 Å². The van der Waals surface area contributed by atoms with Crippen molar-refractivity contribution >= 4 is 17.8 Å². The van der Waals surface area contributed by atoms with E-state index in [1.807, 2.05) is 62.5 Å². The van der Waals surface area contributed by atoms with E-state index in [1.165, 1.54) is 0 Å². The molecule has 1 saturated heterocycles. The maximum absolute atomic E-state index is 13.3. The first-order valence-electron chi connectivity index (χ1n) is 12.9. The number of benzene rings is 2. The van der Waals surface area contributed by atoms with Crippen molar-refractivity contribution in [3.8, 4) is 28.4 Å². The molecule has 1 aliphatic rings. The lowest BCUT2D eigenvalue weighted by Gasteiger charge is -2.25. The van der Waals surface area contributed by atoms with Crippen molar-refractivity contribution in [3.63, 3.8) is 0 Å². The Morgan fingerprint density at radius 3 is 2.55 bits per heavy atom. The highest BCUT2D eigenvalue weighted by molar-refractivity contribution is 5.94. The van der Waals surface area contributed by atoms with Gasteiger partial charge in [0.15, 0.2) is 11.5 Å². The number of hydrogen-bond donors (Lipinski definition) is 1. The number of anilines is 1. The van der Waals surface area contributed by atoms with Crippen LogP contribution in [0.3, 0.4) is 0 Å². The maximum Gasteiger partial charge on any atom is 0.246 e. The van der Waals surface area contributed by atoms with Crippen molar-refractivity contribution < 1.29 is 23.8 Å².